The number of aliphatic imine (C=N–C) groups is 2. The van der Waals surface area contributed by atoms with Gasteiger partial charge in [0.15, 0.2) is 12.4 Å². The van der Waals surface area contributed by atoms with Crippen molar-refractivity contribution >= 4 is 59.9 Å². The van der Waals surface area contributed by atoms with Gasteiger partial charge in [-0.3, -0.25) is 20.6 Å². The highest BCUT2D eigenvalue weighted by molar-refractivity contribution is 14.0. The van der Waals surface area contributed by atoms with Crippen LogP contribution in [0.2, 0.25) is 0 Å². The van der Waals surface area contributed by atoms with Gasteiger partial charge in [0.25, 0.3) is 0 Å². The van der Waals surface area contributed by atoms with Crippen molar-refractivity contribution < 1.29 is 0 Å². The predicted octanol–water partition coefficient (Wildman–Crippen LogP) is 4.10. The van der Waals surface area contributed by atoms with Crippen molar-refractivity contribution in [1.82, 2.24) is 20.4 Å². The Morgan fingerprint density at radius 3 is 1.10 bits per heavy atom. The Morgan fingerprint density at radius 2 is 0.867 bits per heavy atom. The van der Waals surface area contributed by atoms with Gasteiger partial charge in [0.1, 0.15) is 0 Å². The third-order valence-electron chi connectivity index (χ3n) is 4.27. The second-order valence-electron chi connectivity index (χ2n) is 7.21. The van der Waals surface area contributed by atoms with E-state index in [0.717, 1.165) is 25.9 Å². The van der Waals surface area contributed by atoms with Gasteiger partial charge in [-0.2, -0.15) is 10.5 Å². The smallest absolute Gasteiger partial charge is 0.206 e. The van der Waals surface area contributed by atoms with E-state index in [9.17, 15) is 0 Å². The number of unbranched alkanes of at least 4 members (excludes halogenated alkanes) is 9. The van der Waals surface area contributed by atoms with Crippen LogP contribution >= 0.6 is 48.0 Å². The fourth-order valence-corrected chi connectivity index (χ4v) is 2.69. The lowest BCUT2D eigenvalue weighted by atomic mass is 10.1. The number of nitrogens with zero attached hydrogens (tertiary/aromatic N) is 6. The van der Waals surface area contributed by atoms with Crippen molar-refractivity contribution in [2.24, 2.45) is 9.98 Å². The maximum atomic E-state index is 8.66. The van der Waals surface area contributed by atoms with Gasteiger partial charge >= 0.3 is 0 Å². The lowest BCUT2D eigenvalue weighted by molar-refractivity contribution is 0.550. The summed E-state index contributed by atoms with van der Waals surface area (Å²) in [6.45, 7) is 1.54. The quantitative estimate of drug-likeness (QED) is 0.0781. The molecule has 0 unspecified atom stereocenters. The molecule has 0 amide bonds. The summed E-state index contributed by atoms with van der Waals surface area (Å²) in [5, 5.41) is 22.5. The summed E-state index contributed by atoms with van der Waals surface area (Å²) in [6.07, 6.45) is 16.1. The molecule has 174 valence electrons. The number of halogens is 2. The van der Waals surface area contributed by atoms with Crippen LogP contribution in [0.25, 0.3) is 0 Å². The van der Waals surface area contributed by atoms with Gasteiger partial charge < -0.3 is 9.80 Å². The molecule has 0 spiro atoms. The van der Waals surface area contributed by atoms with Crippen molar-refractivity contribution in [3.05, 3.63) is 0 Å². The van der Waals surface area contributed by atoms with E-state index in [1.165, 1.54) is 51.4 Å². The Kier molecular flexibility index (Phi) is 27.2. The van der Waals surface area contributed by atoms with Gasteiger partial charge in [-0.1, -0.05) is 51.4 Å². The van der Waals surface area contributed by atoms with Crippen LogP contribution in [0.5, 0.6) is 0 Å². The molecule has 0 atom stereocenters. The molecule has 2 N–H and O–H groups in total. The highest BCUT2D eigenvalue weighted by Crippen LogP contribution is 2.10. The maximum absolute atomic E-state index is 8.66. The molecule has 0 saturated carbocycles. The molecule has 0 saturated heterocycles. The molecular formula is C20H40I2N8. The third kappa shape index (κ3) is 20.3. The Labute approximate surface area is 217 Å². The van der Waals surface area contributed by atoms with Crippen molar-refractivity contribution in [2.45, 2.75) is 64.2 Å². The van der Waals surface area contributed by atoms with Crippen molar-refractivity contribution in [3.8, 4) is 12.4 Å². The van der Waals surface area contributed by atoms with Crippen LogP contribution < -0.4 is 10.6 Å². The molecule has 0 aromatic heterocycles. The van der Waals surface area contributed by atoms with Crippen LogP contribution in [0, 0.1) is 22.9 Å². The number of nitrogens with one attached hydrogen (secondary N) is 2. The fourth-order valence-electron chi connectivity index (χ4n) is 2.69. The zero-order chi connectivity index (χ0) is 21.0. The van der Waals surface area contributed by atoms with Crippen LogP contribution in [0.15, 0.2) is 9.98 Å². The first-order valence-corrected chi connectivity index (χ1v) is 10.3. The Balaban J connectivity index is -0.00000364. The number of guanidine groups is 2. The number of rotatable bonds is 13. The van der Waals surface area contributed by atoms with E-state index < -0.39 is 0 Å². The molecule has 0 aromatic carbocycles. The number of hydrogen-bond donors (Lipinski definition) is 2. The van der Waals surface area contributed by atoms with Crippen LogP contribution in [0.4, 0.5) is 0 Å². The molecule has 10 heteroatoms. The van der Waals surface area contributed by atoms with E-state index in [2.05, 4.69) is 20.6 Å². The molecule has 0 aliphatic rings. The molecule has 0 rings (SSSR count). The maximum Gasteiger partial charge on any atom is 0.206 e. The normalized spacial score (nSPS) is 10.7. The predicted molar refractivity (Wildman–Crippen MR) is 146 cm³/mol. The lowest BCUT2D eigenvalue weighted by Gasteiger charge is -2.13. The summed E-state index contributed by atoms with van der Waals surface area (Å²) in [7, 11) is 7.51. The minimum absolute atomic E-state index is 0. The molecule has 0 aliphatic carbocycles. The Morgan fingerprint density at radius 1 is 0.600 bits per heavy atom. The molecule has 0 fully saturated rings. The van der Waals surface area contributed by atoms with Gasteiger partial charge in [0.05, 0.1) is 0 Å². The lowest BCUT2D eigenvalue weighted by Crippen LogP contribution is -2.33. The van der Waals surface area contributed by atoms with Crippen LogP contribution in [-0.4, -0.2) is 63.0 Å². The highest BCUT2D eigenvalue weighted by atomic mass is 127. The summed E-state index contributed by atoms with van der Waals surface area (Å²) in [5.74, 6) is 1.26. The zero-order valence-corrected chi connectivity index (χ0v) is 23.6. The largest absolute Gasteiger partial charge is 0.348 e. The number of hydrogen-bond acceptors (Lipinski definition) is 4. The molecule has 0 heterocycles. The van der Waals surface area contributed by atoms with E-state index in [4.69, 9.17) is 10.5 Å². The van der Waals surface area contributed by atoms with Crippen LogP contribution in [0.3, 0.4) is 0 Å². The van der Waals surface area contributed by atoms with Crippen LogP contribution in [-0.2, 0) is 0 Å². The molecule has 30 heavy (non-hydrogen) atoms. The molecule has 0 aliphatic heterocycles. The average molecular weight is 646 g/mol. The van der Waals surface area contributed by atoms with Gasteiger partial charge in [0, 0.05) is 41.3 Å². The van der Waals surface area contributed by atoms with E-state index in [0.29, 0.717) is 11.9 Å². The summed E-state index contributed by atoms with van der Waals surface area (Å²) in [5.41, 5.74) is 0. The average Bonchev–Trinajstić information content (AvgIpc) is 2.66. The molecule has 8 nitrogen and oxygen atoms in total. The Hall–Kier alpha value is -1.02. The highest BCUT2D eigenvalue weighted by Gasteiger charge is 2.00. The molecule has 0 radical (unpaired) electrons. The van der Waals surface area contributed by atoms with Gasteiger partial charge in [-0.15, -0.1) is 48.0 Å². The second kappa shape index (κ2) is 24.3. The summed E-state index contributed by atoms with van der Waals surface area (Å²) < 4.78 is 0. The SMILES string of the molecule is CN(C)C(=NCCCCCCCCCCCCN=C(NC#N)N(C)C)NC#N.I.I. The topological polar surface area (TPSA) is 103 Å². The van der Waals surface area contributed by atoms with Crippen LogP contribution in [0.1, 0.15) is 64.2 Å². The van der Waals surface area contributed by atoms with E-state index >= 15 is 0 Å². The minimum atomic E-state index is 0. The summed E-state index contributed by atoms with van der Waals surface area (Å²) in [4.78, 5) is 12.4. The molecular weight excluding hydrogens is 606 g/mol. The van der Waals surface area contributed by atoms with E-state index in [1.54, 1.807) is 0 Å². The molecule has 0 bridgehead atoms. The summed E-state index contributed by atoms with van der Waals surface area (Å²) in [6, 6.07) is 0. The third-order valence-corrected chi connectivity index (χ3v) is 4.27. The monoisotopic (exact) mass is 646 g/mol. The first-order chi connectivity index (χ1) is 13.5. The fraction of sp³-hybridized carbons (Fsp3) is 0.800. The first-order valence-electron chi connectivity index (χ1n) is 10.3. The number of nitriles is 2. The second-order valence-corrected chi connectivity index (χ2v) is 7.21. The van der Waals surface area contributed by atoms with Gasteiger partial charge in [-0.25, -0.2) is 0 Å². The molecule has 0 aromatic rings. The standard InChI is InChI=1S/C20H38N8.2HI/c1-27(2)19(25-17-21)23-15-13-11-9-7-5-6-8-10-12-14-16-24-20(26-18-22)28(3)4;;/h5-16H2,1-4H3,(H,23,25)(H,24,26);2*1H. The summed E-state index contributed by atoms with van der Waals surface area (Å²) >= 11 is 0. The van der Waals surface area contributed by atoms with Gasteiger partial charge in [0.2, 0.25) is 11.9 Å². The van der Waals surface area contributed by atoms with E-state index in [-0.39, 0.29) is 48.0 Å². The van der Waals surface area contributed by atoms with Crippen molar-refractivity contribution in [1.29, 1.82) is 10.5 Å². The van der Waals surface area contributed by atoms with Gasteiger partial charge in [-0.05, 0) is 12.8 Å². The first kappa shape index (κ1) is 33.6. The van der Waals surface area contributed by atoms with Crippen molar-refractivity contribution in [3.63, 3.8) is 0 Å². The van der Waals surface area contributed by atoms with E-state index in [1.807, 2.05) is 50.4 Å². The Bertz CT molecular complexity index is 488. The van der Waals surface area contributed by atoms with Crippen molar-refractivity contribution in [2.75, 3.05) is 41.3 Å². The zero-order valence-electron chi connectivity index (χ0n) is 19.0. The minimum Gasteiger partial charge on any atom is -0.348 e.